The van der Waals surface area contributed by atoms with E-state index in [0.717, 1.165) is 17.6 Å². The summed E-state index contributed by atoms with van der Waals surface area (Å²) >= 11 is 7.36. The summed E-state index contributed by atoms with van der Waals surface area (Å²) in [7, 11) is 1.71. The molecule has 0 amide bonds. The molecule has 1 atom stereocenters. The smallest absolute Gasteiger partial charge is 0.0917 e. The molecule has 0 aromatic rings. The van der Waals surface area contributed by atoms with Crippen molar-refractivity contribution in [2.24, 2.45) is 5.92 Å². The predicted octanol–water partition coefficient (Wildman–Crippen LogP) is 2.20. The van der Waals surface area contributed by atoms with Gasteiger partial charge in [-0.2, -0.15) is 0 Å². The maximum absolute atomic E-state index is 5.58. The fourth-order valence-corrected chi connectivity index (χ4v) is 1.40. The van der Waals surface area contributed by atoms with Crippen molar-refractivity contribution in [2.45, 2.75) is 6.92 Å². The molecule has 0 fully saturated rings. The van der Waals surface area contributed by atoms with Gasteiger partial charge in [0.05, 0.1) is 5.94 Å². The van der Waals surface area contributed by atoms with Gasteiger partial charge in [0.15, 0.2) is 0 Å². The summed E-state index contributed by atoms with van der Waals surface area (Å²) in [4.78, 5) is 0. The van der Waals surface area contributed by atoms with Crippen molar-refractivity contribution in [3.8, 4) is 0 Å². The zero-order valence-corrected chi connectivity index (χ0v) is 7.47. The highest BCUT2D eigenvalue weighted by atomic mass is 35.5. The molecular formula is C6H13ClOS. The van der Waals surface area contributed by atoms with Gasteiger partial charge in [-0.05, 0) is 11.7 Å². The number of rotatable bonds is 5. The summed E-state index contributed by atoms with van der Waals surface area (Å²) in [6.45, 7) is 2.13. The van der Waals surface area contributed by atoms with Crippen molar-refractivity contribution in [3.05, 3.63) is 0 Å². The van der Waals surface area contributed by atoms with Crippen LogP contribution < -0.4 is 0 Å². The van der Waals surface area contributed by atoms with Crippen LogP contribution in [0.3, 0.4) is 0 Å². The van der Waals surface area contributed by atoms with E-state index in [-0.39, 0.29) is 0 Å². The van der Waals surface area contributed by atoms with E-state index in [0.29, 0.717) is 5.92 Å². The fraction of sp³-hybridized carbons (Fsp3) is 1.00. The van der Waals surface area contributed by atoms with Gasteiger partial charge in [0.1, 0.15) is 0 Å². The van der Waals surface area contributed by atoms with Crippen molar-refractivity contribution in [1.82, 2.24) is 0 Å². The first-order chi connectivity index (χ1) is 4.31. The van der Waals surface area contributed by atoms with Gasteiger partial charge >= 0.3 is 0 Å². The highest BCUT2D eigenvalue weighted by Crippen LogP contribution is 2.08. The molecule has 0 aliphatic rings. The van der Waals surface area contributed by atoms with Gasteiger partial charge in [0, 0.05) is 13.0 Å². The summed E-state index contributed by atoms with van der Waals surface area (Å²) in [5.41, 5.74) is 0. The molecule has 0 aromatic heterocycles. The van der Waals surface area contributed by atoms with Gasteiger partial charge in [0.2, 0.25) is 0 Å². The van der Waals surface area contributed by atoms with Gasteiger partial charge in [-0.25, -0.2) is 0 Å². The Morgan fingerprint density at radius 1 is 1.67 bits per heavy atom. The average molecular weight is 169 g/mol. The molecule has 0 saturated carbocycles. The van der Waals surface area contributed by atoms with E-state index in [9.17, 15) is 0 Å². The fourth-order valence-electron chi connectivity index (χ4n) is 0.377. The highest BCUT2D eigenvalue weighted by molar-refractivity contribution is 7.99. The van der Waals surface area contributed by atoms with Crippen molar-refractivity contribution in [3.63, 3.8) is 0 Å². The molecule has 3 heteroatoms. The molecule has 56 valence electrons. The topological polar surface area (TPSA) is 9.23 Å². The van der Waals surface area contributed by atoms with Crippen LogP contribution in [0.2, 0.25) is 0 Å². The first-order valence-electron chi connectivity index (χ1n) is 2.94. The number of ether oxygens (including phenoxy) is 1. The molecule has 0 aliphatic carbocycles. The standard InChI is InChI=1S/C6H13ClOS/c1-6(3-7)4-9-5-8-2/h6H,3-5H2,1-2H3. The zero-order chi connectivity index (χ0) is 7.11. The Labute approximate surface area is 66.1 Å². The third-order valence-electron chi connectivity index (χ3n) is 0.867. The third kappa shape index (κ3) is 6.49. The molecule has 0 radical (unpaired) electrons. The quantitative estimate of drug-likeness (QED) is 0.354. The van der Waals surface area contributed by atoms with E-state index in [1.54, 1.807) is 18.9 Å². The van der Waals surface area contributed by atoms with Gasteiger partial charge < -0.3 is 4.74 Å². The normalized spacial score (nSPS) is 13.7. The second kappa shape index (κ2) is 6.72. The summed E-state index contributed by atoms with van der Waals surface area (Å²) in [5, 5.41) is 0. The van der Waals surface area contributed by atoms with E-state index in [2.05, 4.69) is 6.92 Å². The number of hydrogen-bond acceptors (Lipinski definition) is 2. The molecule has 1 nitrogen and oxygen atoms in total. The van der Waals surface area contributed by atoms with Crippen LogP contribution >= 0.6 is 23.4 Å². The van der Waals surface area contributed by atoms with Crippen LogP contribution in [0.4, 0.5) is 0 Å². The van der Waals surface area contributed by atoms with E-state index in [1.165, 1.54) is 0 Å². The second-order valence-corrected chi connectivity index (χ2v) is 3.32. The van der Waals surface area contributed by atoms with Gasteiger partial charge in [-0.3, -0.25) is 0 Å². The van der Waals surface area contributed by atoms with Crippen LogP contribution in [0, 0.1) is 5.92 Å². The minimum absolute atomic E-state index is 0.604. The lowest BCUT2D eigenvalue weighted by Gasteiger charge is -2.04. The highest BCUT2D eigenvalue weighted by Gasteiger charge is 1.97. The maximum Gasteiger partial charge on any atom is 0.0917 e. The van der Waals surface area contributed by atoms with E-state index in [4.69, 9.17) is 16.3 Å². The molecule has 1 unspecified atom stereocenters. The molecule has 0 N–H and O–H groups in total. The molecule has 0 heterocycles. The van der Waals surface area contributed by atoms with Crippen LogP contribution in [0.1, 0.15) is 6.92 Å². The third-order valence-corrected chi connectivity index (χ3v) is 2.60. The first-order valence-corrected chi connectivity index (χ1v) is 4.62. The molecule has 0 aromatic carbocycles. The van der Waals surface area contributed by atoms with E-state index in [1.807, 2.05) is 0 Å². The van der Waals surface area contributed by atoms with Crippen LogP contribution in [0.15, 0.2) is 0 Å². The van der Waals surface area contributed by atoms with Gasteiger partial charge in [0.25, 0.3) is 0 Å². The Balaban J connectivity index is 2.88. The van der Waals surface area contributed by atoms with Crippen molar-refractivity contribution >= 4 is 23.4 Å². The van der Waals surface area contributed by atoms with Gasteiger partial charge in [-0.1, -0.05) is 6.92 Å². The Kier molecular flexibility index (Phi) is 7.16. The number of hydrogen-bond donors (Lipinski definition) is 0. The summed E-state index contributed by atoms with van der Waals surface area (Å²) in [6.07, 6.45) is 0. The van der Waals surface area contributed by atoms with Crippen LogP contribution in [0.25, 0.3) is 0 Å². The second-order valence-electron chi connectivity index (χ2n) is 2.04. The Bertz CT molecular complexity index is 61.0. The van der Waals surface area contributed by atoms with Crippen LogP contribution in [-0.2, 0) is 4.74 Å². The lowest BCUT2D eigenvalue weighted by atomic mass is 10.3. The number of halogens is 1. The average Bonchev–Trinajstić information content (AvgIpc) is 1.89. The largest absolute Gasteiger partial charge is 0.374 e. The molecule has 0 saturated heterocycles. The van der Waals surface area contributed by atoms with Crippen molar-refractivity contribution in [1.29, 1.82) is 0 Å². The minimum atomic E-state index is 0.604. The van der Waals surface area contributed by atoms with E-state index >= 15 is 0 Å². The molecule has 9 heavy (non-hydrogen) atoms. The first kappa shape index (κ1) is 9.60. The molecule has 0 bridgehead atoms. The number of methoxy groups -OCH3 is 1. The lowest BCUT2D eigenvalue weighted by molar-refractivity contribution is 0.258. The molecule has 0 rings (SSSR count). The van der Waals surface area contributed by atoms with Gasteiger partial charge in [-0.15, -0.1) is 23.4 Å². The summed E-state index contributed by atoms with van der Waals surface area (Å²) in [5.74, 6) is 3.22. The SMILES string of the molecule is COCSCC(C)CCl. The molecular weight excluding hydrogens is 156 g/mol. The number of thioether (sulfide) groups is 1. The summed E-state index contributed by atoms with van der Waals surface area (Å²) < 4.78 is 4.86. The van der Waals surface area contributed by atoms with Crippen LogP contribution in [-0.4, -0.2) is 24.7 Å². The van der Waals surface area contributed by atoms with Crippen molar-refractivity contribution in [2.75, 3.05) is 24.7 Å². The molecule has 0 aliphatic heterocycles. The van der Waals surface area contributed by atoms with Crippen molar-refractivity contribution < 1.29 is 4.74 Å². The predicted molar refractivity (Wildman–Crippen MR) is 44.2 cm³/mol. The molecule has 0 spiro atoms. The Hall–Kier alpha value is 0.600. The summed E-state index contributed by atoms with van der Waals surface area (Å²) in [6, 6.07) is 0. The minimum Gasteiger partial charge on any atom is -0.374 e. The monoisotopic (exact) mass is 168 g/mol. The Morgan fingerprint density at radius 2 is 2.33 bits per heavy atom. The number of alkyl halides is 1. The maximum atomic E-state index is 5.58. The lowest BCUT2D eigenvalue weighted by Crippen LogP contribution is -2.00. The van der Waals surface area contributed by atoms with E-state index < -0.39 is 0 Å². The zero-order valence-electron chi connectivity index (χ0n) is 5.89. The Morgan fingerprint density at radius 3 is 2.78 bits per heavy atom. The van der Waals surface area contributed by atoms with Crippen LogP contribution in [0.5, 0.6) is 0 Å².